The average Bonchev–Trinajstić information content (AvgIpc) is 3.24. The Labute approximate surface area is 190 Å². The molecule has 5 aromatic rings. The monoisotopic (exact) mass is 439 g/mol. The van der Waals surface area contributed by atoms with Gasteiger partial charge in [0.05, 0.1) is 5.52 Å². The number of nitrogen functional groups attached to an aromatic ring is 1. The lowest BCUT2D eigenvalue weighted by Gasteiger charge is -2.12. The second kappa shape index (κ2) is 8.63. The van der Waals surface area contributed by atoms with E-state index in [1.165, 1.54) is 18.5 Å². The third-order valence-corrected chi connectivity index (χ3v) is 5.34. The Morgan fingerprint density at radius 1 is 1.00 bits per heavy atom. The van der Waals surface area contributed by atoms with Crippen molar-refractivity contribution in [3.05, 3.63) is 96.1 Å². The second-order valence-electron chi connectivity index (χ2n) is 7.81. The van der Waals surface area contributed by atoms with E-state index in [-0.39, 0.29) is 5.82 Å². The number of nitrogens with zero attached hydrogens (tertiary/aromatic N) is 2. The molecule has 0 radical (unpaired) electrons. The van der Waals surface area contributed by atoms with Crippen molar-refractivity contribution >= 4 is 28.2 Å². The normalized spacial score (nSPS) is 11.0. The second-order valence-corrected chi connectivity index (χ2v) is 7.81. The number of halogens is 1. The van der Waals surface area contributed by atoms with Crippen molar-refractivity contribution in [3.8, 4) is 17.0 Å². The molecule has 7 heteroatoms. The van der Waals surface area contributed by atoms with Crippen LogP contribution < -0.4 is 15.8 Å². The zero-order valence-corrected chi connectivity index (χ0v) is 18.0. The molecule has 0 fully saturated rings. The molecule has 33 heavy (non-hydrogen) atoms. The number of aryl methyl sites for hydroxylation is 1. The maximum Gasteiger partial charge on any atom is 0.158 e. The van der Waals surface area contributed by atoms with E-state index in [4.69, 9.17) is 10.5 Å². The number of aromatic nitrogens is 3. The molecule has 2 aromatic heterocycles. The molecule has 0 saturated heterocycles. The number of aromatic amines is 1. The number of fused-ring (bicyclic) bond motifs is 1. The summed E-state index contributed by atoms with van der Waals surface area (Å²) >= 11 is 0. The first-order chi connectivity index (χ1) is 16.0. The molecule has 0 amide bonds. The number of anilines is 3. The van der Waals surface area contributed by atoms with E-state index in [0.29, 0.717) is 18.1 Å². The number of hydrogen-bond donors (Lipinski definition) is 3. The molecule has 0 aliphatic carbocycles. The van der Waals surface area contributed by atoms with Gasteiger partial charge in [-0.2, -0.15) is 0 Å². The molecule has 6 nitrogen and oxygen atoms in total. The molecule has 0 spiro atoms. The molecule has 5 rings (SSSR count). The van der Waals surface area contributed by atoms with Crippen molar-refractivity contribution in [2.24, 2.45) is 0 Å². The van der Waals surface area contributed by atoms with Gasteiger partial charge in [-0.25, -0.2) is 14.4 Å². The van der Waals surface area contributed by atoms with Crippen LogP contribution in [-0.4, -0.2) is 15.0 Å². The van der Waals surface area contributed by atoms with Gasteiger partial charge in [-0.05, 0) is 66.6 Å². The Morgan fingerprint density at radius 2 is 1.88 bits per heavy atom. The number of benzene rings is 3. The molecular weight excluding hydrogens is 417 g/mol. The van der Waals surface area contributed by atoms with E-state index in [1.807, 2.05) is 61.5 Å². The summed E-state index contributed by atoms with van der Waals surface area (Å²) in [5, 5.41) is 3.36. The number of nitrogens with one attached hydrogen (secondary N) is 2. The molecule has 0 bridgehead atoms. The Balaban J connectivity index is 1.36. The van der Waals surface area contributed by atoms with Crippen LogP contribution in [0.25, 0.3) is 22.3 Å². The highest BCUT2D eigenvalue weighted by molar-refractivity contribution is 5.91. The van der Waals surface area contributed by atoms with Gasteiger partial charge in [0.1, 0.15) is 30.0 Å². The number of ether oxygens (including phenoxy) is 1. The smallest absolute Gasteiger partial charge is 0.158 e. The molecule has 164 valence electrons. The zero-order valence-electron chi connectivity index (χ0n) is 18.0. The van der Waals surface area contributed by atoms with Gasteiger partial charge >= 0.3 is 0 Å². The molecule has 3 aromatic carbocycles. The van der Waals surface area contributed by atoms with E-state index in [0.717, 1.165) is 44.9 Å². The van der Waals surface area contributed by atoms with Gasteiger partial charge in [-0.3, -0.25) is 0 Å². The van der Waals surface area contributed by atoms with Crippen LogP contribution in [-0.2, 0) is 6.61 Å². The Morgan fingerprint density at radius 3 is 2.70 bits per heavy atom. The lowest BCUT2D eigenvalue weighted by molar-refractivity contribution is 0.303. The molecule has 4 N–H and O–H groups in total. The maximum absolute atomic E-state index is 13.4. The predicted molar refractivity (Wildman–Crippen MR) is 129 cm³/mol. The minimum absolute atomic E-state index is 0.272. The van der Waals surface area contributed by atoms with E-state index in [1.54, 1.807) is 6.07 Å². The first-order valence-electron chi connectivity index (χ1n) is 10.5. The van der Waals surface area contributed by atoms with Crippen molar-refractivity contribution in [2.75, 3.05) is 11.1 Å². The Kier molecular flexibility index (Phi) is 5.36. The SMILES string of the molecule is Cc1cc(Nc2ncnc3cc(-c4cccc(N)c4)[nH]c23)ccc1OCc1cccc(F)c1. The van der Waals surface area contributed by atoms with Gasteiger partial charge in [-0.15, -0.1) is 0 Å². The zero-order chi connectivity index (χ0) is 22.8. The fourth-order valence-electron chi connectivity index (χ4n) is 3.71. The summed E-state index contributed by atoms with van der Waals surface area (Å²) in [4.78, 5) is 12.2. The van der Waals surface area contributed by atoms with Crippen LogP contribution in [0.5, 0.6) is 5.75 Å². The van der Waals surface area contributed by atoms with Crippen LogP contribution in [0.15, 0.2) is 79.1 Å². The van der Waals surface area contributed by atoms with Crippen LogP contribution in [0, 0.1) is 12.7 Å². The highest BCUT2D eigenvalue weighted by Crippen LogP contribution is 2.30. The molecule has 2 heterocycles. The van der Waals surface area contributed by atoms with Crippen LogP contribution in [0.1, 0.15) is 11.1 Å². The van der Waals surface area contributed by atoms with Gasteiger partial charge in [0.2, 0.25) is 0 Å². The first kappa shape index (κ1) is 20.5. The van der Waals surface area contributed by atoms with Gasteiger partial charge < -0.3 is 20.8 Å². The van der Waals surface area contributed by atoms with Crippen LogP contribution in [0.2, 0.25) is 0 Å². The van der Waals surface area contributed by atoms with Crippen molar-refractivity contribution < 1.29 is 9.13 Å². The van der Waals surface area contributed by atoms with Crippen LogP contribution in [0.3, 0.4) is 0 Å². The average molecular weight is 439 g/mol. The summed E-state index contributed by atoms with van der Waals surface area (Å²) in [5.74, 6) is 1.14. The standard InChI is InChI=1S/C26H22FN5O/c1-16-10-21(8-9-24(16)33-14-17-4-2-6-19(27)11-17)31-26-25-23(29-15-30-26)13-22(32-25)18-5-3-7-20(28)12-18/h2-13,15,32H,14,28H2,1H3,(H,29,30,31). The first-order valence-corrected chi connectivity index (χ1v) is 10.5. The van der Waals surface area contributed by atoms with Gasteiger partial charge in [0.25, 0.3) is 0 Å². The third kappa shape index (κ3) is 4.48. The fourth-order valence-corrected chi connectivity index (χ4v) is 3.71. The highest BCUT2D eigenvalue weighted by atomic mass is 19.1. The minimum Gasteiger partial charge on any atom is -0.489 e. The van der Waals surface area contributed by atoms with Crippen molar-refractivity contribution in [3.63, 3.8) is 0 Å². The van der Waals surface area contributed by atoms with Gasteiger partial charge in [-0.1, -0.05) is 24.3 Å². The quantitative estimate of drug-likeness (QED) is 0.283. The lowest BCUT2D eigenvalue weighted by atomic mass is 10.1. The van der Waals surface area contributed by atoms with Crippen LogP contribution in [0.4, 0.5) is 21.6 Å². The van der Waals surface area contributed by atoms with Crippen LogP contribution >= 0.6 is 0 Å². The Bertz CT molecular complexity index is 1450. The van der Waals surface area contributed by atoms with Gasteiger partial charge in [0, 0.05) is 22.6 Å². The molecule has 0 atom stereocenters. The van der Waals surface area contributed by atoms with Crippen molar-refractivity contribution in [1.82, 2.24) is 15.0 Å². The number of hydrogen-bond acceptors (Lipinski definition) is 5. The van der Waals surface area contributed by atoms with Crippen molar-refractivity contribution in [1.29, 1.82) is 0 Å². The van der Waals surface area contributed by atoms with E-state index >= 15 is 0 Å². The molecule has 0 aliphatic rings. The maximum atomic E-state index is 13.4. The third-order valence-electron chi connectivity index (χ3n) is 5.34. The molecular formula is C26H22FN5O. The highest BCUT2D eigenvalue weighted by Gasteiger charge is 2.11. The summed E-state index contributed by atoms with van der Waals surface area (Å²) < 4.78 is 19.3. The number of H-pyrrole nitrogens is 1. The van der Waals surface area contributed by atoms with E-state index in [9.17, 15) is 4.39 Å². The summed E-state index contributed by atoms with van der Waals surface area (Å²) in [7, 11) is 0. The summed E-state index contributed by atoms with van der Waals surface area (Å²) in [6.07, 6.45) is 1.53. The van der Waals surface area contributed by atoms with E-state index < -0.39 is 0 Å². The van der Waals surface area contributed by atoms with E-state index in [2.05, 4.69) is 20.3 Å². The summed E-state index contributed by atoms with van der Waals surface area (Å²) in [6, 6.07) is 21.9. The summed E-state index contributed by atoms with van der Waals surface area (Å²) in [5.41, 5.74) is 12.7. The largest absolute Gasteiger partial charge is 0.489 e. The molecule has 0 saturated carbocycles. The van der Waals surface area contributed by atoms with Crippen molar-refractivity contribution in [2.45, 2.75) is 13.5 Å². The topological polar surface area (TPSA) is 88.9 Å². The number of rotatable bonds is 6. The Hall–Kier alpha value is -4.39. The minimum atomic E-state index is -0.272. The summed E-state index contributed by atoms with van der Waals surface area (Å²) in [6.45, 7) is 2.27. The predicted octanol–water partition coefficient (Wildman–Crippen LogP) is 5.98. The number of nitrogens with two attached hydrogens (primary N) is 1. The molecule has 0 aliphatic heterocycles. The lowest BCUT2D eigenvalue weighted by Crippen LogP contribution is -1.99. The molecule has 0 unspecified atom stereocenters. The fraction of sp³-hybridized carbons (Fsp3) is 0.0769. The van der Waals surface area contributed by atoms with Gasteiger partial charge in [0.15, 0.2) is 5.82 Å².